The number of rotatable bonds is 5. The van der Waals surface area contributed by atoms with E-state index in [1.807, 2.05) is 25.1 Å². The lowest BCUT2D eigenvalue weighted by molar-refractivity contribution is 0.301. The van der Waals surface area contributed by atoms with E-state index in [4.69, 9.17) is 22.1 Å². The Labute approximate surface area is 131 Å². The third kappa shape index (κ3) is 4.23. The molecule has 0 bridgehead atoms. The predicted molar refractivity (Wildman–Crippen MR) is 88.9 cm³/mol. The summed E-state index contributed by atoms with van der Waals surface area (Å²) in [6.07, 6.45) is 0. The van der Waals surface area contributed by atoms with E-state index < -0.39 is 0 Å². The average molecular weight is 304 g/mol. The van der Waals surface area contributed by atoms with Crippen LogP contribution in [0.3, 0.4) is 0 Å². The second-order valence-electron chi connectivity index (χ2n) is 5.66. The van der Waals surface area contributed by atoms with Crippen LogP contribution in [0, 0.1) is 0 Å². The van der Waals surface area contributed by atoms with Crippen molar-refractivity contribution in [1.82, 2.24) is 0 Å². The Hall–Kier alpha value is -1.51. The molecule has 0 saturated heterocycles. The van der Waals surface area contributed by atoms with Crippen molar-refractivity contribution in [3.63, 3.8) is 0 Å². The Morgan fingerprint density at radius 1 is 1.05 bits per heavy atom. The van der Waals surface area contributed by atoms with E-state index in [-0.39, 0.29) is 6.04 Å². The van der Waals surface area contributed by atoms with Crippen LogP contribution in [-0.2, 0) is 6.61 Å². The average Bonchev–Trinajstić information content (AvgIpc) is 2.46. The topological polar surface area (TPSA) is 35.2 Å². The summed E-state index contributed by atoms with van der Waals surface area (Å²) in [5, 5.41) is 0.677. The Balaban J connectivity index is 2.09. The van der Waals surface area contributed by atoms with Gasteiger partial charge in [0.1, 0.15) is 12.4 Å². The van der Waals surface area contributed by atoms with E-state index in [0.717, 1.165) is 16.9 Å². The van der Waals surface area contributed by atoms with Crippen LogP contribution >= 0.6 is 11.6 Å². The highest BCUT2D eigenvalue weighted by Gasteiger charge is 2.09. The zero-order valence-corrected chi connectivity index (χ0v) is 13.5. The molecule has 0 heterocycles. The first-order chi connectivity index (χ1) is 9.97. The molecule has 2 aromatic carbocycles. The molecule has 0 amide bonds. The maximum Gasteiger partial charge on any atom is 0.124 e. The molecule has 2 rings (SSSR count). The van der Waals surface area contributed by atoms with Crippen LogP contribution in [0.25, 0.3) is 0 Å². The van der Waals surface area contributed by atoms with Crippen molar-refractivity contribution in [3.05, 3.63) is 64.2 Å². The Kier molecular flexibility index (Phi) is 5.27. The maximum absolute atomic E-state index is 6.01. The van der Waals surface area contributed by atoms with Crippen molar-refractivity contribution in [1.29, 1.82) is 0 Å². The van der Waals surface area contributed by atoms with Crippen LogP contribution in [0.2, 0.25) is 5.02 Å². The van der Waals surface area contributed by atoms with Gasteiger partial charge in [0, 0.05) is 16.6 Å². The second-order valence-corrected chi connectivity index (χ2v) is 6.09. The summed E-state index contributed by atoms with van der Waals surface area (Å²) >= 11 is 6.01. The van der Waals surface area contributed by atoms with Crippen LogP contribution < -0.4 is 10.5 Å². The molecule has 112 valence electrons. The zero-order chi connectivity index (χ0) is 15.4. The largest absolute Gasteiger partial charge is 0.489 e. The smallest absolute Gasteiger partial charge is 0.124 e. The summed E-state index contributed by atoms with van der Waals surface area (Å²) in [4.78, 5) is 0. The molecule has 21 heavy (non-hydrogen) atoms. The highest BCUT2D eigenvalue weighted by molar-refractivity contribution is 6.30. The van der Waals surface area contributed by atoms with Crippen LogP contribution in [0.15, 0.2) is 42.5 Å². The molecule has 0 aliphatic rings. The summed E-state index contributed by atoms with van der Waals surface area (Å²) in [6, 6.07) is 14.0. The molecule has 0 fully saturated rings. The van der Waals surface area contributed by atoms with E-state index in [0.29, 0.717) is 17.5 Å². The van der Waals surface area contributed by atoms with E-state index in [2.05, 4.69) is 38.1 Å². The van der Waals surface area contributed by atoms with E-state index in [1.165, 1.54) is 5.56 Å². The molecule has 0 aliphatic carbocycles. The molecule has 0 aromatic heterocycles. The van der Waals surface area contributed by atoms with E-state index >= 15 is 0 Å². The molecule has 0 radical (unpaired) electrons. The van der Waals surface area contributed by atoms with Gasteiger partial charge in [0.15, 0.2) is 0 Å². The number of ether oxygens (including phenoxy) is 1. The molecule has 0 spiro atoms. The molecule has 2 N–H and O–H groups in total. The SMILES string of the molecule is CC(C)c1ccc(COc2ccc(Cl)cc2C(C)N)cc1. The summed E-state index contributed by atoms with van der Waals surface area (Å²) < 4.78 is 5.90. The van der Waals surface area contributed by atoms with Gasteiger partial charge in [-0.2, -0.15) is 0 Å². The number of hydrogen-bond acceptors (Lipinski definition) is 2. The van der Waals surface area contributed by atoms with Crippen molar-refractivity contribution in [2.24, 2.45) is 5.73 Å². The number of halogens is 1. The fourth-order valence-electron chi connectivity index (χ4n) is 2.17. The predicted octanol–water partition coefficient (Wildman–Crippen LogP) is 5.06. The van der Waals surface area contributed by atoms with Crippen molar-refractivity contribution in [2.45, 2.75) is 39.3 Å². The van der Waals surface area contributed by atoms with Crippen molar-refractivity contribution >= 4 is 11.6 Å². The number of nitrogens with two attached hydrogens (primary N) is 1. The highest BCUT2D eigenvalue weighted by atomic mass is 35.5. The lowest BCUT2D eigenvalue weighted by Crippen LogP contribution is -2.08. The number of hydrogen-bond donors (Lipinski definition) is 1. The molecule has 2 nitrogen and oxygen atoms in total. The molecule has 2 aromatic rings. The van der Waals surface area contributed by atoms with E-state index in [9.17, 15) is 0 Å². The minimum atomic E-state index is -0.109. The normalized spacial score (nSPS) is 12.5. The third-order valence-electron chi connectivity index (χ3n) is 3.50. The van der Waals surface area contributed by atoms with Gasteiger partial charge in [0.25, 0.3) is 0 Å². The second kappa shape index (κ2) is 6.97. The molecular weight excluding hydrogens is 282 g/mol. The van der Waals surface area contributed by atoms with Gasteiger partial charge in [0.2, 0.25) is 0 Å². The highest BCUT2D eigenvalue weighted by Crippen LogP contribution is 2.28. The minimum absolute atomic E-state index is 0.109. The van der Waals surface area contributed by atoms with Crippen molar-refractivity contribution in [3.8, 4) is 5.75 Å². The fourth-order valence-corrected chi connectivity index (χ4v) is 2.35. The molecular formula is C18H22ClNO. The molecule has 1 atom stereocenters. The minimum Gasteiger partial charge on any atom is -0.489 e. The molecule has 3 heteroatoms. The van der Waals surface area contributed by atoms with Gasteiger partial charge in [0.05, 0.1) is 0 Å². The third-order valence-corrected chi connectivity index (χ3v) is 3.74. The van der Waals surface area contributed by atoms with Gasteiger partial charge >= 0.3 is 0 Å². The Bertz CT molecular complexity index is 591. The Morgan fingerprint density at radius 2 is 1.71 bits per heavy atom. The summed E-state index contributed by atoms with van der Waals surface area (Å²) in [5.41, 5.74) is 9.38. The number of benzene rings is 2. The first-order valence-electron chi connectivity index (χ1n) is 7.24. The van der Waals surface area contributed by atoms with Crippen molar-refractivity contribution in [2.75, 3.05) is 0 Å². The van der Waals surface area contributed by atoms with Gasteiger partial charge < -0.3 is 10.5 Å². The first kappa shape index (κ1) is 15.9. The van der Waals surface area contributed by atoms with Crippen LogP contribution in [0.5, 0.6) is 5.75 Å². The monoisotopic (exact) mass is 303 g/mol. The standard InChI is InChI=1S/C18H22ClNO/c1-12(2)15-6-4-14(5-7-15)11-21-18-9-8-16(19)10-17(18)13(3)20/h4-10,12-13H,11,20H2,1-3H3. The Morgan fingerprint density at radius 3 is 2.29 bits per heavy atom. The van der Waals surface area contributed by atoms with Gasteiger partial charge in [-0.05, 0) is 42.2 Å². The summed E-state index contributed by atoms with van der Waals surface area (Å²) in [6.45, 7) is 6.83. The van der Waals surface area contributed by atoms with Gasteiger partial charge in [-0.3, -0.25) is 0 Å². The van der Waals surface area contributed by atoms with Crippen LogP contribution in [-0.4, -0.2) is 0 Å². The van der Waals surface area contributed by atoms with Crippen LogP contribution in [0.1, 0.15) is 49.4 Å². The molecule has 0 saturated carbocycles. The lowest BCUT2D eigenvalue weighted by Gasteiger charge is -2.15. The summed E-state index contributed by atoms with van der Waals surface area (Å²) in [5.74, 6) is 1.34. The van der Waals surface area contributed by atoms with E-state index in [1.54, 1.807) is 0 Å². The molecule has 1 unspecified atom stereocenters. The quantitative estimate of drug-likeness (QED) is 0.837. The fraction of sp³-hybridized carbons (Fsp3) is 0.333. The van der Waals surface area contributed by atoms with Gasteiger partial charge in [-0.15, -0.1) is 0 Å². The maximum atomic E-state index is 6.01. The van der Waals surface area contributed by atoms with Gasteiger partial charge in [-0.1, -0.05) is 49.7 Å². The van der Waals surface area contributed by atoms with Crippen molar-refractivity contribution < 1.29 is 4.74 Å². The lowest BCUT2D eigenvalue weighted by atomic mass is 10.0. The van der Waals surface area contributed by atoms with Crippen LogP contribution in [0.4, 0.5) is 0 Å². The first-order valence-corrected chi connectivity index (χ1v) is 7.62. The molecule has 0 aliphatic heterocycles. The van der Waals surface area contributed by atoms with Gasteiger partial charge in [-0.25, -0.2) is 0 Å². The summed E-state index contributed by atoms with van der Waals surface area (Å²) in [7, 11) is 0. The zero-order valence-electron chi connectivity index (χ0n) is 12.8.